The molecule has 3 aromatic rings. The SMILES string of the molecule is CC[C@H](C)c1ccccc1NC(=O)CSc1nnc(-c2ccccc2Cl)n1C. The van der Waals surface area contributed by atoms with Crippen LogP contribution in [0, 0.1) is 0 Å². The Kier molecular flexibility index (Phi) is 6.75. The van der Waals surface area contributed by atoms with Crippen LogP contribution in [0.5, 0.6) is 0 Å². The summed E-state index contributed by atoms with van der Waals surface area (Å²) in [5.41, 5.74) is 2.85. The molecule has 0 saturated heterocycles. The van der Waals surface area contributed by atoms with E-state index in [4.69, 9.17) is 11.6 Å². The minimum Gasteiger partial charge on any atom is -0.325 e. The van der Waals surface area contributed by atoms with Crippen LogP contribution in [0.2, 0.25) is 5.02 Å². The minimum atomic E-state index is -0.0666. The van der Waals surface area contributed by atoms with Crippen molar-refractivity contribution in [1.29, 1.82) is 0 Å². The first-order valence-corrected chi connectivity index (χ1v) is 10.5. The molecule has 0 radical (unpaired) electrons. The number of hydrogen-bond donors (Lipinski definition) is 1. The number of nitrogens with one attached hydrogen (secondary N) is 1. The topological polar surface area (TPSA) is 59.8 Å². The highest BCUT2D eigenvalue weighted by atomic mass is 35.5. The molecule has 0 unspecified atom stereocenters. The normalized spacial score (nSPS) is 12.0. The number of anilines is 1. The van der Waals surface area contributed by atoms with E-state index < -0.39 is 0 Å². The Morgan fingerprint density at radius 2 is 1.89 bits per heavy atom. The van der Waals surface area contributed by atoms with E-state index in [2.05, 4.69) is 35.4 Å². The Morgan fingerprint density at radius 3 is 2.64 bits per heavy atom. The molecule has 1 aromatic heterocycles. The van der Waals surface area contributed by atoms with Crippen LogP contribution in [0.25, 0.3) is 11.4 Å². The van der Waals surface area contributed by atoms with Crippen LogP contribution in [0.3, 0.4) is 0 Å². The first kappa shape index (κ1) is 20.4. The third-order valence-electron chi connectivity index (χ3n) is 4.66. The molecule has 5 nitrogen and oxygen atoms in total. The molecule has 3 rings (SSSR count). The molecule has 2 aromatic carbocycles. The van der Waals surface area contributed by atoms with Crippen LogP contribution < -0.4 is 5.32 Å². The molecule has 0 aliphatic carbocycles. The maximum atomic E-state index is 12.5. The average Bonchev–Trinajstić information content (AvgIpc) is 3.07. The number of para-hydroxylation sites is 1. The number of thioether (sulfide) groups is 1. The summed E-state index contributed by atoms with van der Waals surface area (Å²) in [6.07, 6.45) is 1.02. The third-order valence-corrected chi connectivity index (χ3v) is 6.01. The summed E-state index contributed by atoms with van der Waals surface area (Å²) >= 11 is 7.61. The lowest BCUT2D eigenvalue weighted by Gasteiger charge is -2.15. The van der Waals surface area contributed by atoms with E-state index in [1.807, 2.05) is 54.1 Å². The molecule has 146 valence electrons. The summed E-state index contributed by atoms with van der Waals surface area (Å²) in [6.45, 7) is 4.30. The van der Waals surface area contributed by atoms with E-state index in [1.165, 1.54) is 11.8 Å². The van der Waals surface area contributed by atoms with Gasteiger partial charge in [-0.1, -0.05) is 67.5 Å². The van der Waals surface area contributed by atoms with Gasteiger partial charge in [0.05, 0.1) is 10.8 Å². The molecule has 0 spiro atoms. The van der Waals surface area contributed by atoms with E-state index in [-0.39, 0.29) is 11.7 Å². The van der Waals surface area contributed by atoms with Gasteiger partial charge >= 0.3 is 0 Å². The summed E-state index contributed by atoms with van der Waals surface area (Å²) in [7, 11) is 1.87. The Labute approximate surface area is 174 Å². The number of aromatic nitrogens is 3. The number of amides is 1. The van der Waals surface area contributed by atoms with Crippen molar-refractivity contribution in [2.75, 3.05) is 11.1 Å². The molecule has 0 fully saturated rings. The Balaban J connectivity index is 1.67. The zero-order chi connectivity index (χ0) is 20.1. The lowest BCUT2D eigenvalue weighted by Crippen LogP contribution is -2.16. The van der Waals surface area contributed by atoms with Gasteiger partial charge in [0.1, 0.15) is 0 Å². The number of hydrogen-bond acceptors (Lipinski definition) is 4. The van der Waals surface area contributed by atoms with Gasteiger partial charge in [0.2, 0.25) is 5.91 Å². The van der Waals surface area contributed by atoms with Gasteiger partial charge in [-0.3, -0.25) is 4.79 Å². The second-order valence-corrected chi connectivity index (χ2v) is 7.93. The zero-order valence-corrected chi connectivity index (χ0v) is 17.7. The van der Waals surface area contributed by atoms with Crippen molar-refractivity contribution < 1.29 is 4.79 Å². The van der Waals surface area contributed by atoms with Crippen molar-refractivity contribution in [3.63, 3.8) is 0 Å². The highest BCUT2D eigenvalue weighted by Gasteiger charge is 2.16. The van der Waals surface area contributed by atoms with Gasteiger partial charge in [-0.05, 0) is 36.1 Å². The molecule has 0 aliphatic rings. The standard InChI is InChI=1S/C21H23ClN4OS/c1-4-14(2)15-9-6-8-12-18(15)23-19(27)13-28-21-25-24-20(26(21)3)16-10-5-7-11-17(16)22/h5-12,14H,4,13H2,1-3H3,(H,23,27)/t14-/m0/s1. The fraction of sp³-hybridized carbons (Fsp3) is 0.286. The summed E-state index contributed by atoms with van der Waals surface area (Å²) < 4.78 is 1.85. The number of rotatable bonds is 7. The van der Waals surface area contributed by atoms with Gasteiger partial charge in [-0.25, -0.2) is 0 Å². The maximum Gasteiger partial charge on any atom is 0.234 e. The van der Waals surface area contributed by atoms with E-state index in [1.54, 1.807) is 0 Å². The van der Waals surface area contributed by atoms with Gasteiger partial charge in [0, 0.05) is 18.3 Å². The van der Waals surface area contributed by atoms with Crippen LogP contribution in [0.1, 0.15) is 31.7 Å². The number of halogens is 1. The largest absolute Gasteiger partial charge is 0.325 e. The van der Waals surface area contributed by atoms with Crippen molar-refractivity contribution in [2.45, 2.75) is 31.3 Å². The highest BCUT2D eigenvalue weighted by molar-refractivity contribution is 7.99. The van der Waals surface area contributed by atoms with E-state index in [9.17, 15) is 4.79 Å². The molecule has 0 aliphatic heterocycles. The summed E-state index contributed by atoms with van der Waals surface area (Å²) in [4.78, 5) is 12.5. The van der Waals surface area contributed by atoms with Gasteiger partial charge in [0.15, 0.2) is 11.0 Å². The molecule has 1 N–H and O–H groups in total. The van der Waals surface area contributed by atoms with E-state index in [0.29, 0.717) is 21.9 Å². The second-order valence-electron chi connectivity index (χ2n) is 6.58. The van der Waals surface area contributed by atoms with E-state index in [0.717, 1.165) is 23.2 Å². The molecule has 0 saturated carbocycles. The lowest BCUT2D eigenvalue weighted by molar-refractivity contribution is -0.113. The molecule has 7 heteroatoms. The quantitative estimate of drug-likeness (QED) is 0.527. The number of benzene rings is 2. The maximum absolute atomic E-state index is 12.5. The predicted octanol–water partition coefficient (Wildman–Crippen LogP) is 5.38. The second kappa shape index (κ2) is 9.26. The fourth-order valence-electron chi connectivity index (χ4n) is 2.89. The summed E-state index contributed by atoms with van der Waals surface area (Å²) in [5.74, 6) is 1.25. The van der Waals surface area contributed by atoms with Gasteiger partial charge < -0.3 is 9.88 Å². The predicted molar refractivity (Wildman–Crippen MR) is 116 cm³/mol. The Bertz CT molecular complexity index is 973. The van der Waals surface area contributed by atoms with Crippen molar-refractivity contribution in [3.8, 4) is 11.4 Å². The molecule has 1 atom stereocenters. The Morgan fingerprint density at radius 1 is 1.18 bits per heavy atom. The first-order valence-electron chi connectivity index (χ1n) is 9.17. The van der Waals surface area contributed by atoms with Crippen LogP contribution >= 0.6 is 23.4 Å². The minimum absolute atomic E-state index is 0.0666. The molecule has 0 bridgehead atoms. The van der Waals surface area contributed by atoms with Crippen molar-refractivity contribution in [1.82, 2.24) is 14.8 Å². The molecule has 1 amide bonds. The Hall–Kier alpha value is -2.31. The summed E-state index contributed by atoms with van der Waals surface area (Å²) in [5, 5.41) is 12.8. The monoisotopic (exact) mass is 414 g/mol. The van der Waals surface area contributed by atoms with Gasteiger partial charge in [-0.2, -0.15) is 0 Å². The van der Waals surface area contributed by atoms with E-state index >= 15 is 0 Å². The van der Waals surface area contributed by atoms with Gasteiger partial charge in [-0.15, -0.1) is 10.2 Å². The first-order chi connectivity index (χ1) is 13.5. The molecule has 28 heavy (non-hydrogen) atoms. The molecule has 1 heterocycles. The average molecular weight is 415 g/mol. The molecular formula is C21H23ClN4OS. The smallest absolute Gasteiger partial charge is 0.234 e. The summed E-state index contributed by atoms with van der Waals surface area (Å²) in [6, 6.07) is 15.5. The molecular weight excluding hydrogens is 392 g/mol. The van der Waals surface area contributed by atoms with Crippen molar-refractivity contribution in [2.24, 2.45) is 7.05 Å². The number of nitrogens with zero attached hydrogens (tertiary/aromatic N) is 3. The van der Waals surface area contributed by atoms with Crippen LogP contribution in [-0.2, 0) is 11.8 Å². The van der Waals surface area contributed by atoms with Crippen molar-refractivity contribution in [3.05, 3.63) is 59.1 Å². The van der Waals surface area contributed by atoms with Gasteiger partial charge in [0.25, 0.3) is 0 Å². The zero-order valence-electron chi connectivity index (χ0n) is 16.1. The number of carbonyl (C=O) groups excluding carboxylic acids is 1. The van der Waals surface area contributed by atoms with Crippen molar-refractivity contribution >= 4 is 35.0 Å². The van der Waals surface area contributed by atoms with Crippen LogP contribution in [0.15, 0.2) is 53.7 Å². The van der Waals surface area contributed by atoms with Crippen LogP contribution in [0.4, 0.5) is 5.69 Å². The fourth-order valence-corrected chi connectivity index (χ4v) is 3.83. The number of carbonyl (C=O) groups is 1. The highest BCUT2D eigenvalue weighted by Crippen LogP contribution is 2.29. The third kappa shape index (κ3) is 4.56. The lowest BCUT2D eigenvalue weighted by atomic mass is 9.97. The van der Waals surface area contributed by atoms with Crippen LogP contribution in [-0.4, -0.2) is 26.4 Å².